The third-order valence-corrected chi connectivity index (χ3v) is 4.65. The molecule has 2 aromatic rings. The van der Waals surface area contributed by atoms with E-state index in [-0.39, 0.29) is 11.8 Å². The Bertz CT molecular complexity index is 665. The van der Waals surface area contributed by atoms with E-state index in [1.165, 1.54) is 0 Å². The number of nitrogens with one attached hydrogen (secondary N) is 1. The van der Waals surface area contributed by atoms with Gasteiger partial charge in [0.1, 0.15) is 5.82 Å². The van der Waals surface area contributed by atoms with Crippen molar-refractivity contribution in [3.63, 3.8) is 0 Å². The molecule has 0 aliphatic heterocycles. The highest BCUT2D eigenvalue weighted by molar-refractivity contribution is 9.10. The van der Waals surface area contributed by atoms with Gasteiger partial charge in [-0.2, -0.15) is 0 Å². The van der Waals surface area contributed by atoms with Gasteiger partial charge in [-0.25, -0.2) is 4.98 Å². The zero-order chi connectivity index (χ0) is 14.3. The van der Waals surface area contributed by atoms with Crippen LogP contribution in [0.2, 0.25) is 0 Å². The van der Waals surface area contributed by atoms with E-state index in [0.29, 0.717) is 0 Å². The Morgan fingerprint density at radius 2 is 2.15 bits per heavy atom. The molecule has 3 rings (SSSR count). The van der Waals surface area contributed by atoms with E-state index in [1.807, 2.05) is 19.1 Å². The lowest BCUT2D eigenvalue weighted by Gasteiger charge is -2.26. The number of aryl methyl sites for hydroxylation is 1. The minimum absolute atomic E-state index is 0.00632. The third-order valence-electron chi connectivity index (χ3n) is 4.19. The molecule has 1 aliphatic carbocycles. The van der Waals surface area contributed by atoms with Gasteiger partial charge in [-0.1, -0.05) is 28.8 Å². The number of halogens is 1. The maximum absolute atomic E-state index is 11.4. The number of imidazole rings is 1. The Morgan fingerprint density at radius 3 is 2.90 bits per heavy atom. The predicted octanol–water partition coefficient (Wildman–Crippen LogP) is 3.99. The number of carboxylic acid groups (broad SMARTS) is 1. The molecule has 4 nitrogen and oxygen atoms in total. The van der Waals surface area contributed by atoms with Crippen LogP contribution in [0.5, 0.6) is 0 Å². The van der Waals surface area contributed by atoms with Gasteiger partial charge in [0.15, 0.2) is 0 Å². The van der Waals surface area contributed by atoms with E-state index in [2.05, 4.69) is 25.9 Å². The van der Waals surface area contributed by atoms with Crippen LogP contribution in [0.25, 0.3) is 11.0 Å². The van der Waals surface area contributed by atoms with Crippen LogP contribution in [0.3, 0.4) is 0 Å². The van der Waals surface area contributed by atoms with Crippen LogP contribution < -0.4 is 0 Å². The lowest BCUT2D eigenvalue weighted by molar-refractivity contribution is -0.143. The molecule has 0 spiro atoms. The van der Waals surface area contributed by atoms with Crippen molar-refractivity contribution in [2.24, 2.45) is 5.92 Å². The van der Waals surface area contributed by atoms with E-state index in [9.17, 15) is 9.90 Å². The smallest absolute Gasteiger partial charge is 0.307 e. The molecular formula is C15H17BrN2O2. The first-order valence-electron chi connectivity index (χ1n) is 6.95. The lowest BCUT2D eigenvalue weighted by atomic mass is 9.79. The second kappa shape index (κ2) is 5.20. The van der Waals surface area contributed by atoms with E-state index in [0.717, 1.165) is 52.6 Å². The molecule has 1 saturated carbocycles. The monoisotopic (exact) mass is 336 g/mol. The minimum atomic E-state index is -0.701. The molecule has 1 aromatic heterocycles. The van der Waals surface area contributed by atoms with Crippen molar-refractivity contribution in [2.75, 3.05) is 0 Å². The molecule has 0 radical (unpaired) electrons. The average Bonchev–Trinajstić information content (AvgIpc) is 2.82. The molecule has 1 aromatic carbocycles. The number of hydrogen-bond donors (Lipinski definition) is 2. The highest BCUT2D eigenvalue weighted by atomic mass is 79.9. The van der Waals surface area contributed by atoms with Crippen LogP contribution in [-0.2, 0) is 4.79 Å². The van der Waals surface area contributed by atoms with Gasteiger partial charge >= 0.3 is 5.97 Å². The topological polar surface area (TPSA) is 66.0 Å². The fourth-order valence-corrected chi connectivity index (χ4v) is 3.77. The molecule has 2 unspecified atom stereocenters. The Labute approximate surface area is 125 Å². The maximum Gasteiger partial charge on any atom is 0.307 e. The number of hydrogen-bond acceptors (Lipinski definition) is 2. The SMILES string of the molecule is Cc1cc(Br)cc2[nH]c(C3CCCCC3C(=O)O)nc12. The summed E-state index contributed by atoms with van der Waals surface area (Å²) in [5.74, 6) is -0.179. The Kier molecular flexibility index (Phi) is 3.54. The van der Waals surface area contributed by atoms with Gasteiger partial charge in [0, 0.05) is 10.4 Å². The molecule has 1 heterocycles. The highest BCUT2D eigenvalue weighted by Gasteiger charge is 2.33. The number of benzene rings is 1. The largest absolute Gasteiger partial charge is 0.481 e. The van der Waals surface area contributed by atoms with Crippen molar-refractivity contribution in [3.8, 4) is 0 Å². The van der Waals surface area contributed by atoms with Gasteiger partial charge in [-0.3, -0.25) is 4.79 Å². The zero-order valence-electron chi connectivity index (χ0n) is 11.3. The number of rotatable bonds is 2. The quantitative estimate of drug-likeness (QED) is 0.871. The van der Waals surface area contributed by atoms with Gasteiger partial charge < -0.3 is 10.1 Å². The van der Waals surface area contributed by atoms with Gasteiger partial charge in [0.05, 0.1) is 17.0 Å². The summed E-state index contributed by atoms with van der Waals surface area (Å²) in [6.45, 7) is 2.02. The zero-order valence-corrected chi connectivity index (χ0v) is 12.9. The maximum atomic E-state index is 11.4. The van der Waals surface area contributed by atoms with Gasteiger partial charge in [-0.05, 0) is 37.5 Å². The van der Waals surface area contributed by atoms with Crippen molar-refractivity contribution in [3.05, 3.63) is 28.0 Å². The summed E-state index contributed by atoms with van der Waals surface area (Å²) in [6, 6.07) is 4.03. The van der Waals surface area contributed by atoms with Crippen LogP contribution in [0, 0.1) is 12.8 Å². The second-order valence-electron chi connectivity index (χ2n) is 5.58. The van der Waals surface area contributed by atoms with Crippen LogP contribution in [-0.4, -0.2) is 21.0 Å². The molecule has 106 valence electrons. The number of H-pyrrole nitrogens is 1. The molecule has 1 aliphatic rings. The summed E-state index contributed by atoms with van der Waals surface area (Å²) in [6.07, 6.45) is 3.73. The summed E-state index contributed by atoms with van der Waals surface area (Å²) >= 11 is 3.48. The van der Waals surface area contributed by atoms with Crippen molar-refractivity contribution < 1.29 is 9.90 Å². The number of nitrogens with zero attached hydrogens (tertiary/aromatic N) is 1. The molecule has 20 heavy (non-hydrogen) atoms. The molecule has 0 bridgehead atoms. The molecule has 0 amide bonds. The van der Waals surface area contributed by atoms with Gasteiger partial charge in [-0.15, -0.1) is 0 Å². The molecule has 2 atom stereocenters. The molecule has 5 heteroatoms. The number of carboxylic acids is 1. The summed E-state index contributed by atoms with van der Waals surface area (Å²) in [5.41, 5.74) is 3.01. The predicted molar refractivity (Wildman–Crippen MR) is 80.9 cm³/mol. The second-order valence-corrected chi connectivity index (χ2v) is 6.49. The first kappa shape index (κ1) is 13.6. The standard InChI is InChI=1S/C15H17BrN2O2/c1-8-6-9(16)7-12-13(8)18-14(17-12)10-4-2-3-5-11(10)15(19)20/h6-7,10-11H,2-5H2,1H3,(H,17,18)(H,19,20). The summed E-state index contributed by atoms with van der Waals surface area (Å²) < 4.78 is 1.01. The van der Waals surface area contributed by atoms with Crippen molar-refractivity contribution in [2.45, 2.75) is 38.5 Å². The van der Waals surface area contributed by atoms with Crippen LogP contribution in [0.4, 0.5) is 0 Å². The van der Waals surface area contributed by atoms with E-state index < -0.39 is 5.97 Å². The van der Waals surface area contributed by atoms with E-state index in [4.69, 9.17) is 0 Å². The van der Waals surface area contributed by atoms with E-state index >= 15 is 0 Å². The summed E-state index contributed by atoms with van der Waals surface area (Å²) in [5, 5.41) is 9.39. The van der Waals surface area contributed by atoms with E-state index in [1.54, 1.807) is 0 Å². The Morgan fingerprint density at radius 1 is 1.40 bits per heavy atom. The normalized spacial score (nSPS) is 23.1. The lowest BCUT2D eigenvalue weighted by Crippen LogP contribution is -2.26. The molecule has 0 saturated heterocycles. The van der Waals surface area contributed by atoms with Gasteiger partial charge in [0.2, 0.25) is 0 Å². The number of aromatic nitrogens is 2. The highest BCUT2D eigenvalue weighted by Crippen LogP contribution is 2.37. The third kappa shape index (κ3) is 2.35. The number of aliphatic carboxylic acids is 1. The first-order chi connectivity index (χ1) is 9.56. The van der Waals surface area contributed by atoms with Crippen molar-refractivity contribution >= 4 is 32.9 Å². The molecule has 1 fully saturated rings. The average molecular weight is 337 g/mol. The van der Waals surface area contributed by atoms with Crippen molar-refractivity contribution in [1.82, 2.24) is 9.97 Å². The fourth-order valence-electron chi connectivity index (χ4n) is 3.19. The van der Waals surface area contributed by atoms with Crippen LogP contribution in [0.1, 0.15) is 43.0 Å². The number of aromatic amines is 1. The number of fused-ring (bicyclic) bond motifs is 1. The minimum Gasteiger partial charge on any atom is -0.481 e. The Hall–Kier alpha value is -1.36. The van der Waals surface area contributed by atoms with Crippen LogP contribution >= 0.6 is 15.9 Å². The Balaban J connectivity index is 2.04. The number of carbonyl (C=O) groups is 1. The first-order valence-corrected chi connectivity index (χ1v) is 7.74. The fraction of sp³-hybridized carbons (Fsp3) is 0.467. The summed E-state index contributed by atoms with van der Waals surface area (Å²) in [4.78, 5) is 19.4. The van der Waals surface area contributed by atoms with Crippen LogP contribution in [0.15, 0.2) is 16.6 Å². The molecule has 2 N–H and O–H groups in total. The summed E-state index contributed by atoms with van der Waals surface area (Å²) in [7, 11) is 0. The molecular weight excluding hydrogens is 320 g/mol. The van der Waals surface area contributed by atoms with Crippen molar-refractivity contribution in [1.29, 1.82) is 0 Å². The van der Waals surface area contributed by atoms with Gasteiger partial charge in [0.25, 0.3) is 0 Å².